The zero-order valence-corrected chi connectivity index (χ0v) is 13.1. The van der Waals surface area contributed by atoms with Crippen LogP contribution in [0.2, 0.25) is 0 Å². The fraction of sp³-hybridized carbons (Fsp3) is 0.643. The van der Waals surface area contributed by atoms with E-state index in [9.17, 15) is 4.79 Å². The van der Waals surface area contributed by atoms with E-state index >= 15 is 0 Å². The van der Waals surface area contributed by atoms with Gasteiger partial charge in [-0.3, -0.25) is 0 Å². The Bertz CT molecular complexity index is 481. The second-order valence-electron chi connectivity index (χ2n) is 4.83. The molecule has 2 rings (SSSR count). The lowest BCUT2D eigenvalue weighted by Gasteiger charge is -2.35. The molecule has 22 heavy (non-hydrogen) atoms. The Balaban J connectivity index is 1.90. The van der Waals surface area contributed by atoms with Crippen molar-refractivity contribution in [2.75, 3.05) is 39.3 Å². The van der Waals surface area contributed by atoms with Crippen molar-refractivity contribution in [3.8, 4) is 0 Å². The van der Waals surface area contributed by atoms with E-state index in [0.717, 1.165) is 31.3 Å². The molecular formula is C14H23N5O3. The van der Waals surface area contributed by atoms with E-state index < -0.39 is 0 Å². The third kappa shape index (κ3) is 4.37. The first-order valence-corrected chi connectivity index (χ1v) is 7.58. The average Bonchev–Trinajstić information content (AvgIpc) is 3.05. The first-order chi connectivity index (χ1) is 10.7. The Hall–Kier alpha value is -2.25. The van der Waals surface area contributed by atoms with Crippen LogP contribution in [0, 0.1) is 0 Å². The van der Waals surface area contributed by atoms with Crippen LogP contribution in [-0.4, -0.2) is 66.3 Å². The Morgan fingerprint density at radius 3 is 2.68 bits per heavy atom. The first-order valence-electron chi connectivity index (χ1n) is 7.58. The highest BCUT2D eigenvalue weighted by molar-refractivity contribution is 5.80. The summed E-state index contributed by atoms with van der Waals surface area (Å²) in [5, 5.41) is 7.12. The van der Waals surface area contributed by atoms with Crippen LogP contribution in [0.5, 0.6) is 0 Å². The summed E-state index contributed by atoms with van der Waals surface area (Å²) >= 11 is 0. The zero-order chi connectivity index (χ0) is 15.8. The zero-order valence-electron chi connectivity index (χ0n) is 13.1. The molecule has 1 aliphatic rings. The maximum absolute atomic E-state index is 11.7. The summed E-state index contributed by atoms with van der Waals surface area (Å²) in [7, 11) is 0. The molecule has 0 saturated carbocycles. The van der Waals surface area contributed by atoms with Crippen molar-refractivity contribution >= 4 is 12.1 Å². The molecule has 1 aromatic heterocycles. The van der Waals surface area contributed by atoms with Crippen molar-refractivity contribution in [3.63, 3.8) is 0 Å². The molecular weight excluding hydrogens is 286 g/mol. The van der Waals surface area contributed by atoms with Gasteiger partial charge in [-0.2, -0.15) is 0 Å². The highest BCUT2D eigenvalue weighted by Gasteiger charge is 2.23. The average molecular weight is 309 g/mol. The van der Waals surface area contributed by atoms with Crippen molar-refractivity contribution in [1.29, 1.82) is 0 Å². The molecule has 0 aliphatic carbocycles. The van der Waals surface area contributed by atoms with Crippen molar-refractivity contribution < 1.29 is 14.1 Å². The lowest BCUT2D eigenvalue weighted by atomic mass is 10.3. The molecule has 0 bridgehead atoms. The van der Waals surface area contributed by atoms with Gasteiger partial charge in [-0.1, -0.05) is 5.16 Å². The molecule has 0 aromatic carbocycles. The molecule has 1 amide bonds. The predicted octanol–water partition coefficient (Wildman–Crippen LogP) is 0.914. The van der Waals surface area contributed by atoms with E-state index in [1.54, 1.807) is 11.0 Å². The minimum Gasteiger partial charge on any atom is -0.450 e. The van der Waals surface area contributed by atoms with Gasteiger partial charge in [0, 0.05) is 38.8 Å². The number of carbonyl (C=O) groups excluding carboxylic acids is 1. The van der Waals surface area contributed by atoms with Gasteiger partial charge in [-0.05, 0) is 13.8 Å². The number of hydrogen-bond donors (Lipinski definition) is 1. The number of guanidine groups is 1. The van der Waals surface area contributed by atoms with Crippen LogP contribution in [-0.2, 0) is 11.3 Å². The summed E-state index contributed by atoms with van der Waals surface area (Å²) in [5.41, 5.74) is 0.792. The maximum atomic E-state index is 11.7. The molecule has 1 aliphatic heterocycles. The van der Waals surface area contributed by atoms with Crippen LogP contribution >= 0.6 is 0 Å². The molecule has 1 fully saturated rings. The Kier molecular flexibility index (Phi) is 6.05. The number of piperazine rings is 1. The molecule has 8 heteroatoms. The van der Waals surface area contributed by atoms with E-state index in [2.05, 4.69) is 20.4 Å². The summed E-state index contributed by atoms with van der Waals surface area (Å²) in [6, 6.07) is 1.80. The molecule has 2 heterocycles. The van der Waals surface area contributed by atoms with E-state index in [4.69, 9.17) is 9.26 Å². The summed E-state index contributed by atoms with van der Waals surface area (Å²) in [6.45, 7) is 8.22. The van der Waals surface area contributed by atoms with Gasteiger partial charge in [0.1, 0.15) is 12.0 Å². The number of nitrogens with zero attached hydrogens (tertiary/aromatic N) is 4. The second-order valence-corrected chi connectivity index (χ2v) is 4.83. The number of hydrogen-bond acceptors (Lipinski definition) is 5. The number of aliphatic imine (C=N–C) groups is 1. The molecule has 1 aromatic rings. The first kappa shape index (κ1) is 16.1. The molecule has 0 unspecified atom stereocenters. The SMILES string of the molecule is CCNC(=NCc1ccon1)N1CCN(C(=O)OCC)CC1. The number of ether oxygens (including phenoxy) is 1. The third-order valence-corrected chi connectivity index (χ3v) is 3.32. The van der Waals surface area contributed by atoms with E-state index in [0.29, 0.717) is 26.2 Å². The molecule has 0 atom stereocenters. The van der Waals surface area contributed by atoms with Gasteiger partial charge in [0.25, 0.3) is 0 Å². The maximum Gasteiger partial charge on any atom is 0.409 e. The van der Waals surface area contributed by atoms with Crippen molar-refractivity contribution in [2.24, 2.45) is 4.99 Å². The van der Waals surface area contributed by atoms with Crippen molar-refractivity contribution in [3.05, 3.63) is 18.0 Å². The van der Waals surface area contributed by atoms with Gasteiger partial charge in [-0.25, -0.2) is 9.79 Å². The smallest absolute Gasteiger partial charge is 0.409 e. The van der Waals surface area contributed by atoms with Crippen LogP contribution in [0.15, 0.2) is 21.8 Å². The fourth-order valence-corrected chi connectivity index (χ4v) is 2.22. The van der Waals surface area contributed by atoms with Gasteiger partial charge in [0.15, 0.2) is 5.96 Å². The Morgan fingerprint density at radius 1 is 1.36 bits per heavy atom. The minimum absolute atomic E-state index is 0.244. The van der Waals surface area contributed by atoms with Gasteiger partial charge in [-0.15, -0.1) is 0 Å². The quantitative estimate of drug-likeness (QED) is 0.657. The molecule has 1 N–H and O–H groups in total. The van der Waals surface area contributed by atoms with Gasteiger partial charge < -0.3 is 24.4 Å². The summed E-state index contributed by atoms with van der Waals surface area (Å²) < 4.78 is 9.83. The predicted molar refractivity (Wildman–Crippen MR) is 81.5 cm³/mol. The molecule has 0 spiro atoms. The van der Waals surface area contributed by atoms with E-state index in [1.807, 2.05) is 13.8 Å². The van der Waals surface area contributed by atoms with Gasteiger partial charge in [0.2, 0.25) is 0 Å². The number of amides is 1. The van der Waals surface area contributed by atoms with Gasteiger partial charge >= 0.3 is 6.09 Å². The largest absolute Gasteiger partial charge is 0.450 e. The Morgan fingerprint density at radius 2 is 2.09 bits per heavy atom. The fourth-order valence-electron chi connectivity index (χ4n) is 2.22. The van der Waals surface area contributed by atoms with Crippen LogP contribution in [0.4, 0.5) is 4.79 Å². The third-order valence-electron chi connectivity index (χ3n) is 3.32. The number of rotatable bonds is 4. The summed E-state index contributed by atoms with van der Waals surface area (Å²) in [4.78, 5) is 20.1. The second kappa shape index (κ2) is 8.26. The molecule has 1 saturated heterocycles. The van der Waals surface area contributed by atoms with Crippen molar-refractivity contribution in [2.45, 2.75) is 20.4 Å². The molecule has 8 nitrogen and oxygen atoms in total. The number of nitrogens with one attached hydrogen (secondary N) is 1. The van der Waals surface area contributed by atoms with Crippen molar-refractivity contribution in [1.82, 2.24) is 20.3 Å². The topological polar surface area (TPSA) is 83.2 Å². The highest BCUT2D eigenvalue weighted by atomic mass is 16.6. The monoisotopic (exact) mass is 309 g/mol. The van der Waals surface area contributed by atoms with Crippen LogP contribution in [0.1, 0.15) is 19.5 Å². The van der Waals surface area contributed by atoms with E-state index in [-0.39, 0.29) is 6.09 Å². The molecule has 122 valence electrons. The number of aromatic nitrogens is 1. The lowest BCUT2D eigenvalue weighted by Crippen LogP contribution is -2.53. The van der Waals surface area contributed by atoms with Crippen LogP contribution in [0.25, 0.3) is 0 Å². The van der Waals surface area contributed by atoms with Crippen LogP contribution in [0.3, 0.4) is 0 Å². The van der Waals surface area contributed by atoms with Crippen LogP contribution < -0.4 is 5.32 Å². The molecule has 0 radical (unpaired) electrons. The highest BCUT2D eigenvalue weighted by Crippen LogP contribution is 2.05. The standard InChI is InChI=1S/C14H23N5O3/c1-3-15-13(16-11-12-5-10-22-17-12)18-6-8-19(9-7-18)14(20)21-4-2/h5,10H,3-4,6-9,11H2,1-2H3,(H,15,16). The number of carbonyl (C=O) groups is 1. The summed E-state index contributed by atoms with van der Waals surface area (Å²) in [6.07, 6.45) is 1.29. The summed E-state index contributed by atoms with van der Waals surface area (Å²) in [5.74, 6) is 0.828. The minimum atomic E-state index is -0.244. The van der Waals surface area contributed by atoms with Gasteiger partial charge in [0.05, 0.1) is 13.2 Å². The van der Waals surface area contributed by atoms with E-state index in [1.165, 1.54) is 6.26 Å². The Labute approximate surface area is 130 Å². The lowest BCUT2D eigenvalue weighted by molar-refractivity contribution is 0.0914. The normalized spacial score (nSPS) is 15.8.